The summed E-state index contributed by atoms with van der Waals surface area (Å²) in [7, 11) is 1.54. The quantitative estimate of drug-likeness (QED) is 0.825. The zero-order chi connectivity index (χ0) is 17.9. The fourth-order valence-electron chi connectivity index (χ4n) is 2.27. The van der Waals surface area contributed by atoms with Crippen LogP contribution in [0.1, 0.15) is 32.4 Å². The topological polar surface area (TPSA) is 80.7 Å². The first-order valence-corrected chi connectivity index (χ1v) is 8.28. The third-order valence-corrected chi connectivity index (χ3v) is 3.95. The van der Waals surface area contributed by atoms with Gasteiger partial charge in [-0.3, -0.25) is 0 Å². The van der Waals surface area contributed by atoms with Crippen molar-refractivity contribution in [3.05, 3.63) is 34.3 Å². The lowest BCUT2D eigenvalue weighted by Crippen LogP contribution is -2.36. The second-order valence-corrected chi connectivity index (χ2v) is 7.12. The van der Waals surface area contributed by atoms with Crippen LogP contribution in [-0.2, 0) is 4.74 Å². The number of fused-ring (bicyclic) bond motifs is 1. The van der Waals surface area contributed by atoms with E-state index in [9.17, 15) is 9.90 Å². The number of hydrogen-bond acceptors (Lipinski definition) is 5. The first-order valence-electron chi connectivity index (χ1n) is 7.48. The smallest absolute Gasteiger partial charge is 0.408 e. The molecule has 2 rings (SSSR count). The lowest BCUT2D eigenvalue weighted by molar-refractivity contribution is 0.0482. The Labute approximate surface area is 149 Å². The molecule has 0 fully saturated rings. The third-order valence-electron chi connectivity index (χ3n) is 3.25. The molecule has 0 radical (unpaired) electrons. The Morgan fingerprint density at radius 2 is 2.00 bits per heavy atom. The van der Waals surface area contributed by atoms with Gasteiger partial charge in [0, 0.05) is 21.5 Å². The van der Waals surface area contributed by atoms with Crippen LogP contribution in [0.4, 0.5) is 4.79 Å². The first-order chi connectivity index (χ1) is 11.2. The van der Waals surface area contributed by atoms with Gasteiger partial charge >= 0.3 is 6.09 Å². The Kier molecular flexibility index (Phi) is 5.66. The van der Waals surface area contributed by atoms with Crippen LogP contribution in [0.3, 0.4) is 0 Å². The van der Waals surface area contributed by atoms with Crippen molar-refractivity contribution in [2.75, 3.05) is 13.7 Å². The number of aliphatic hydroxyl groups excluding tert-OH is 1. The maximum absolute atomic E-state index is 12.1. The summed E-state index contributed by atoms with van der Waals surface area (Å²) in [5, 5.41) is 13.3. The number of carbonyl (C=O) groups is 1. The van der Waals surface area contributed by atoms with E-state index < -0.39 is 17.7 Å². The molecule has 2 N–H and O–H groups in total. The largest absolute Gasteiger partial charge is 0.481 e. The minimum atomic E-state index is -0.669. The van der Waals surface area contributed by atoms with Gasteiger partial charge in [0.25, 0.3) is 0 Å². The zero-order valence-electron chi connectivity index (χ0n) is 14.1. The van der Waals surface area contributed by atoms with Crippen molar-refractivity contribution in [3.8, 4) is 5.88 Å². The molecule has 1 unspecified atom stereocenters. The summed E-state index contributed by atoms with van der Waals surface area (Å²) in [6.45, 7) is 5.04. The van der Waals surface area contributed by atoms with E-state index in [2.05, 4.69) is 26.2 Å². The number of nitrogens with one attached hydrogen (secondary N) is 1. The minimum Gasteiger partial charge on any atom is -0.481 e. The molecule has 1 amide bonds. The predicted octanol–water partition coefficient (Wildman–Crippen LogP) is 3.56. The molecule has 0 aliphatic carbocycles. The summed E-state index contributed by atoms with van der Waals surface area (Å²) in [5.41, 5.74) is 0.681. The Morgan fingerprint density at radius 1 is 1.33 bits per heavy atom. The molecule has 1 aromatic carbocycles. The maximum Gasteiger partial charge on any atom is 0.408 e. The second kappa shape index (κ2) is 7.36. The van der Waals surface area contributed by atoms with Crippen LogP contribution in [0.2, 0.25) is 0 Å². The normalized spacial score (nSPS) is 12.8. The highest BCUT2D eigenvalue weighted by molar-refractivity contribution is 9.10. The lowest BCUT2D eigenvalue weighted by Gasteiger charge is -2.24. The van der Waals surface area contributed by atoms with Gasteiger partial charge in [0.1, 0.15) is 5.60 Å². The zero-order valence-corrected chi connectivity index (χ0v) is 15.7. The minimum absolute atomic E-state index is 0.296. The fourth-order valence-corrected chi connectivity index (χ4v) is 2.87. The number of halogens is 1. The molecular weight excluding hydrogens is 376 g/mol. The molecule has 0 aliphatic rings. The van der Waals surface area contributed by atoms with Crippen molar-refractivity contribution in [3.63, 3.8) is 0 Å². The van der Waals surface area contributed by atoms with E-state index in [0.29, 0.717) is 17.0 Å². The number of rotatable bonds is 4. The van der Waals surface area contributed by atoms with Gasteiger partial charge in [-0.2, -0.15) is 0 Å². The summed E-state index contributed by atoms with van der Waals surface area (Å²) in [5.74, 6) is 0.454. The number of ether oxygens (including phenoxy) is 2. The monoisotopic (exact) mass is 396 g/mol. The molecule has 130 valence electrons. The molecule has 0 saturated carbocycles. The van der Waals surface area contributed by atoms with Gasteiger partial charge in [0.05, 0.1) is 25.3 Å². The Bertz CT molecular complexity index is 743. The molecule has 7 heteroatoms. The average Bonchev–Trinajstić information content (AvgIpc) is 2.50. The molecular formula is C17H21BrN2O4. The molecule has 2 aromatic rings. The van der Waals surface area contributed by atoms with Crippen molar-refractivity contribution in [2.24, 2.45) is 0 Å². The molecule has 1 heterocycles. The highest BCUT2D eigenvalue weighted by Gasteiger charge is 2.23. The highest BCUT2D eigenvalue weighted by Crippen LogP contribution is 2.31. The number of pyridine rings is 1. The summed E-state index contributed by atoms with van der Waals surface area (Å²) in [6.07, 6.45) is -0.603. The molecule has 6 nitrogen and oxygen atoms in total. The van der Waals surface area contributed by atoms with Crippen LogP contribution in [0, 0.1) is 0 Å². The number of aromatic nitrogens is 1. The molecule has 24 heavy (non-hydrogen) atoms. The maximum atomic E-state index is 12.1. The number of alkyl carbamates (subject to hydrolysis) is 1. The molecule has 0 aliphatic heterocycles. The van der Waals surface area contributed by atoms with Crippen LogP contribution in [-0.4, -0.2) is 35.5 Å². The van der Waals surface area contributed by atoms with Gasteiger partial charge in [0.15, 0.2) is 0 Å². The van der Waals surface area contributed by atoms with Crippen LogP contribution in [0.25, 0.3) is 10.9 Å². The number of hydrogen-bond donors (Lipinski definition) is 2. The van der Waals surface area contributed by atoms with Crippen molar-refractivity contribution in [1.82, 2.24) is 10.3 Å². The summed E-state index contributed by atoms with van der Waals surface area (Å²) in [4.78, 5) is 16.5. The van der Waals surface area contributed by atoms with Crippen LogP contribution < -0.4 is 10.1 Å². The van der Waals surface area contributed by atoms with E-state index in [4.69, 9.17) is 9.47 Å². The number of methoxy groups -OCH3 is 1. The third kappa shape index (κ3) is 4.36. The van der Waals surface area contributed by atoms with Crippen LogP contribution in [0.15, 0.2) is 28.7 Å². The van der Waals surface area contributed by atoms with Crippen LogP contribution >= 0.6 is 15.9 Å². The highest BCUT2D eigenvalue weighted by atomic mass is 79.9. The summed E-state index contributed by atoms with van der Waals surface area (Å²) < 4.78 is 11.2. The fraction of sp³-hybridized carbons (Fsp3) is 0.412. The molecule has 0 spiro atoms. The average molecular weight is 397 g/mol. The molecule has 0 bridgehead atoms. The summed E-state index contributed by atoms with van der Waals surface area (Å²) in [6, 6.07) is 6.72. The van der Waals surface area contributed by atoms with E-state index in [1.54, 1.807) is 26.8 Å². The Morgan fingerprint density at radius 3 is 2.58 bits per heavy atom. The van der Waals surface area contributed by atoms with Crippen molar-refractivity contribution in [1.29, 1.82) is 0 Å². The number of amides is 1. The van der Waals surface area contributed by atoms with Gasteiger partial charge in [-0.15, -0.1) is 0 Å². The first kappa shape index (κ1) is 18.5. The lowest BCUT2D eigenvalue weighted by atomic mass is 10.0. The Hall–Kier alpha value is -1.86. The summed E-state index contributed by atoms with van der Waals surface area (Å²) >= 11 is 3.47. The van der Waals surface area contributed by atoms with Gasteiger partial charge in [-0.25, -0.2) is 9.78 Å². The standard InChI is InChI=1S/C17H21BrN2O4/c1-17(2,3)24-16(22)19-12(9-21)14-11(18)7-5-10-6-8-13(23-4)20-15(10)14/h5-8,12,21H,9H2,1-4H3,(H,19,22). The number of nitrogens with zero attached hydrogens (tertiary/aromatic N) is 1. The van der Waals surface area contributed by atoms with Gasteiger partial charge < -0.3 is 19.9 Å². The van der Waals surface area contributed by atoms with Gasteiger partial charge in [-0.05, 0) is 32.9 Å². The van der Waals surface area contributed by atoms with Crippen molar-refractivity contribution in [2.45, 2.75) is 32.4 Å². The Balaban J connectivity index is 2.43. The predicted molar refractivity (Wildman–Crippen MR) is 95.2 cm³/mol. The van der Waals surface area contributed by atoms with E-state index in [1.807, 2.05) is 18.2 Å². The second-order valence-electron chi connectivity index (χ2n) is 6.27. The van der Waals surface area contributed by atoms with E-state index >= 15 is 0 Å². The number of benzene rings is 1. The SMILES string of the molecule is COc1ccc2ccc(Br)c(C(CO)NC(=O)OC(C)(C)C)c2n1. The van der Waals surface area contributed by atoms with E-state index in [-0.39, 0.29) is 6.61 Å². The van der Waals surface area contributed by atoms with Gasteiger partial charge in [-0.1, -0.05) is 22.0 Å². The van der Waals surface area contributed by atoms with Gasteiger partial charge in [0.2, 0.25) is 5.88 Å². The van der Waals surface area contributed by atoms with Crippen LogP contribution in [0.5, 0.6) is 5.88 Å². The molecule has 1 aromatic heterocycles. The molecule has 1 atom stereocenters. The molecule has 0 saturated heterocycles. The van der Waals surface area contributed by atoms with E-state index in [0.717, 1.165) is 9.86 Å². The number of carbonyl (C=O) groups excluding carboxylic acids is 1. The van der Waals surface area contributed by atoms with Crippen molar-refractivity contribution < 1.29 is 19.4 Å². The number of aliphatic hydroxyl groups is 1. The van der Waals surface area contributed by atoms with Crippen molar-refractivity contribution >= 4 is 32.9 Å². The van der Waals surface area contributed by atoms with E-state index in [1.165, 1.54) is 7.11 Å².